The first-order valence-electron chi connectivity index (χ1n) is 8.05. The Balaban J connectivity index is 1.93. The molecular formula is C19H21NO6. The van der Waals surface area contributed by atoms with Crippen molar-refractivity contribution in [3.8, 4) is 17.2 Å². The second kappa shape index (κ2) is 8.75. The van der Waals surface area contributed by atoms with E-state index >= 15 is 0 Å². The van der Waals surface area contributed by atoms with E-state index in [1.54, 1.807) is 24.3 Å². The molecule has 0 aliphatic heterocycles. The minimum atomic E-state index is -1.13. The van der Waals surface area contributed by atoms with Crippen molar-refractivity contribution >= 4 is 11.9 Å². The molecule has 0 aromatic heterocycles. The molecule has 0 aliphatic carbocycles. The van der Waals surface area contributed by atoms with Crippen molar-refractivity contribution in [2.75, 3.05) is 7.11 Å². The predicted molar refractivity (Wildman–Crippen MR) is 94.4 cm³/mol. The summed E-state index contributed by atoms with van der Waals surface area (Å²) >= 11 is 0. The van der Waals surface area contributed by atoms with Crippen LogP contribution >= 0.6 is 0 Å². The highest BCUT2D eigenvalue weighted by molar-refractivity contribution is 5.83. The van der Waals surface area contributed by atoms with Crippen LogP contribution in [0.15, 0.2) is 42.5 Å². The zero-order valence-corrected chi connectivity index (χ0v) is 14.3. The molecule has 0 saturated carbocycles. The summed E-state index contributed by atoms with van der Waals surface area (Å²) in [4.78, 5) is 23.5. The maximum atomic E-state index is 12.1. The number of phenolic OH excluding ortho intramolecular Hbond substituents is 2. The predicted octanol–water partition coefficient (Wildman–Crippen LogP) is 1.85. The van der Waals surface area contributed by atoms with E-state index in [9.17, 15) is 24.9 Å². The van der Waals surface area contributed by atoms with Crippen LogP contribution in [-0.4, -0.2) is 40.3 Å². The van der Waals surface area contributed by atoms with Crippen LogP contribution in [0.5, 0.6) is 17.2 Å². The second-order valence-electron chi connectivity index (χ2n) is 5.84. The van der Waals surface area contributed by atoms with Crippen LogP contribution in [0.2, 0.25) is 0 Å². The summed E-state index contributed by atoms with van der Waals surface area (Å²) in [6, 6.07) is 9.89. The van der Waals surface area contributed by atoms with Gasteiger partial charge in [0, 0.05) is 12.8 Å². The molecular weight excluding hydrogens is 338 g/mol. The summed E-state index contributed by atoms with van der Waals surface area (Å²) < 4.78 is 5.02. The van der Waals surface area contributed by atoms with Crippen molar-refractivity contribution in [3.05, 3.63) is 53.6 Å². The lowest BCUT2D eigenvalue weighted by Crippen LogP contribution is -2.42. The van der Waals surface area contributed by atoms with Crippen LogP contribution in [0.3, 0.4) is 0 Å². The number of phenols is 2. The number of hydrogen-bond acceptors (Lipinski definition) is 5. The first kappa shape index (κ1) is 19.1. The Morgan fingerprint density at radius 2 is 1.73 bits per heavy atom. The molecule has 0 bridgehead atoms. The second-order valence-corrected chi connectivity index (χ2v) is 5.84. The number of aryl methyl sites for hydroxylation is 1. The number of ether oxygens (including phenoxy) is 1. The van der Waals surface area contributed by atoms with Gasteiger partial charge in [0.1, 0.15) is 11.8 Å². The molecule has 2 rings (SSSR count). The Bertz CT molecular complexity index is 772. The zero-order valence-electron chi connectivity index (χ0n) is 14.3. The lowest BCUT2D eigenvalue weighted by molar-refractivity contribution is -0.141. The highest BCUT2D eigenvalue weighted by Gasteiger charge is 2.20. The van der Waals surface area contributed by atoms with E-state index in [1.165, 1.54) is 25.3 Å². The van der Waals surface area contributed by atoms with Crippen molar-refractivity contribution in [2.24, 2.45) is 0 Å². The molecule has 7 nitrogen and oxygen atoms in total. The van der Waals surface area contributed by atoms with Crippen LogP contribution in [0.25, 0.3) is 0 Å². The number of carbonyl (C=O) groups is 2. The summed E-state index contributed by atoms with van der Waals surface area (Å²) in [6.45, 7) is 0. The van der Waals surface area contributed by atoms with Crippen molar-refractivity contribution in [1.29, 1.82) is 0 Å². The molecule has 7 heteroatoms. The summed E-state index contributed by atoms with van der Waals surface area (Å²) in [5.74, 6) is -1.09. The third-order valence-electron chi connectivity index (χ3n) is 3.89. The van der Waals surface area contributed by atoms with E-state index in [2.05, 4.69) is 5.32 Å². The molecule has 1 atom stereocenters. The van der Waals surface area contributed by atoms with Crippen LogP contribution < -0.4 is 10.1 Å². The SMILES string of the molecule is COc1cc(CCC(=O)N[C@@H](Cc2ccc(O)cc2)C(=O)O)ccc1O. The maximum Gasteiger partial charge on any atom is 0.326 e. The number of carboxylic acid groups (broad SMARTS) is 1. The van der Waals surface area contributed by atoms with E-state index in [0.29, 0.717) is 17.7 Å². The molecule has 0 unspecified atom stereocenters. The minimum absolute atomic E-state index is 0.0144. The summed E-state index contributed by atoms with van der Waals surface area (Å²) in [5.41, 5.74) is 1.49. The van der Waals surface area contributed by atoms with Gasteiger partial charge in [0.2, 0.25) is 5.91 Å². The van der Waals surface area contributed by atoms with Gasteiger partial charge in [-0.3, -0.25) is 4.79 Å². The number of rotatable bonds is 8. The molecule has 0 radical (unpaired) electrons. The molecule has 0 aliphatic rings. The topological polar surface area (TPSA) is 116 Å². The summed E-state index contributed by atoms with van der Waals surface area (Å²) in [7, 11) is 1.44. The average Bonchev–Trinajstić information content (AvgIpc) is 2.62. The fourth-order valence-electron chi connectivity index (χ4n) is 2.47. The van der Waals surface area contributed by atoms with Gasteiger partial charge in [0.05, 0.1) is 7.11 Å². The Morgan fingerprint density at radius 3 is 2.35 bits per heavy atom. The lowest BCUT2D eigenvalue weighted by atomic mass is 10.0. The van der Waals surface area contributed by atoms with Gasteiger partial charge in [-0.2, -0.15) is 0 Å². The zero-order chi connectivity index (χ0) is 19.1. The van der Waals surface area contributed by atoms with E-state index in [0.717, 1.165) is 5.56 Å². The average molecular weight is 359 g/mol. The van der Waals surface area contributed by atoms with Gasteiger partial charge >= 0.3 is 5.97 Å². The third kappa shape index (κ3) is 5.41. The largest absolute Gasteiger partial charge is 0.508 e. The molecule has 0 fully saturated rings. The normalized spacial score (nSPS) is 11.6. The van der Waals surface area contributed by atoms with Gasteiger partial charge in [-0.25, -0.2) is 4.79 Å². The molecule has 2 aromatic carbocycles. The van der Waals surface area contributed by atoms with E-state index in [1.807, 2.05) is 0 Å². The molecule has 4 N–H and O–H groups in total. The van der Waals surface area contributed by atoms with Crippen LogP contribution in [0.4, 0.5) is 0 Å². The Hall–Kier alpha value is -3.22. The lowest BCUT2D eigenvalue weighted by Gasteiger charge is -2.15. The van der Waals surface area contributed by atoms with E-state index in [-0.39, 0.29) is 30.2 Å². The number of carbonyl (C=O) groups excluding carboxylic acids is 1. The Labute approximate surface area is 150 Å². The van der Waals surface area contributed by atoms with E-state index < -0.39 is 12.0 Å². The fourth-order valence-corrected chi connectivity index (χ4v) is 2.47. The molecule has 1 amide bonds. The number of aliphatic carboxylic acids is 1. The number of benzene rings is 2. The monoisotopic (exact) mass is 359 g/mol. The smallest absolute Gasteiger partial charge is 0.326 e. The number of hydrogen-bond donors (Lipinski definition) is 4. The summed E-state index contributed by atoms with van der Waals surface area (Å²) in [6.07, 6.45) is 0.607. The fraction of sp³-hybridized carbons (Fsp3) is 0.263. The minimum Gasteiger partial charge on any atom is -0.508 e. The molecule has 26 heavy (non-hydrogen) atoms. The van der Waals surface area contributed by atoms with Gasteiger partial charge < -0.3 is 25.4 Å². The number of nitrogens with one attached hydrogen (secondary N) is 1. The van der Waals surface area contributed by atoms with Crippen molar-refractivity contribution in [1.82, 2.24) is 5.32 Å². The highest BCUT2D eigenvalue weighted by atomic mass is 16.5. The standard InChI is InChI=1S/C19H21NO6/c1-26-17-11-13(4-8-16(17)22)5-9-18(23)20-15(19(24)25)10-12-2-6-14(21)7-3-12/h2-4,6-8,11,15,21-22H,5,9-10H2,1H3,(H,20,23)(H,24,25)/t15-/m0/s1. The highest BCUT2D eigenvalue weighted by Crippen LogP contribution is 2.26. The number of methoxy groups -OCH3 is 1. The van der Waals surface area contributed by atoms with Crippen LogP contribution in [0.1, 0.15) is 17.5 Å². The summed E-state index contributed by atoms with van der Waals surface area (Å²) in [5, 5.41) is 30.7. The van der Waals surface area contributed by atoms with E-state index in [4.69, 9.17) is 4.74 Å². The van der Waals surface area contributed by atoms with Crippen molar-refractivity contribution in [3.63, 3.8) is 0 Å². The van der Waals surface area contributed by atoms with Gasteiger partial charge in [0.15, 0.2) is 11.5 Å². The van der Waals surface area contributed by atoms with Gasteiger partial charge in [-0.05, 0) is 41.8 Å². The first-order chi connectivity index (χ1) is 12.4. The quantitative estimate of drug-likeness (QED) is 0.572. The Kier molecular flexibility index (Phi) is 6.43. The first-order valence-corrected chi connectivity index (χ1v) is 8.05. The third-order valence-corrected chi connectivity index (χ3v) is 3.89. The van der Waals surface area contributed by atoms with Crippen LogP contribution in [-0.2, 0) is 22.4 Å². The number of aromatic hydroxyl groups is 2. The maximum absolute atomic E-state index is 12.1. The van der Waals surface area contributed by atoms with Crippen molar-refractivity contribution in [2.45, 2.75) is 25.3 Å². The van der Waals surface area contributed by atoms with Gasteiger partial charge in [-0.15, -0.1) is 0 Å². The molecule has 138 valence electrons. The van der Waals surface area contributed by atoms with Gasteiger partial charge in [0.25, 0.3) is 0 Å². The van der Waals surface area contributed by atoms with Crippen molar-refractivity contribution < 1.29 is 29.6 Å². The Morgan fingerprint density at radius 1 is 1.08 bits per heavy atom. The molecule has 0 saturated heterocycles. The van der Waals surface area contributed by atoms with Crippen LogP contribution in [0, 0.1) is 0 Å². The number of amides is 1. The molecule has 2 aromatic rings. The molecule has 0 heterocycles. The molecule has 0 spiro atoms. The number of carboxylic acids is 1. The van der Waals surface area contributed by atoms with Gasteiger partial charge in [-0.1, -0.05) is 18.2 Å².